The topological polar surface area (TPSA) is 30.5 Å². The van der Waals surface area contributed by atoms with E-state index in [2.05, 4.69) is 5.32 Å². The van der Waals surface area contributed by atoms with Crippen molar-refractivity contribution in [3.8, 4) is 11.5 Å². The molecule has 1 atom stereocenters. The first-order valence-electron chi connectivity index (χ1n) is 5.87. The Morgan fingerprint density at radius 2 is 2.19 bits per heavy atom. The molecular weight excluding hydrogens is 202 g/mol. The van der Waals surface area contributed by atoms with Crippen molar-refractivity contribution in [3.63, 3.8) is 0 Å². The molecule has 88 valence electrons. The van der Waals surface area contributed by atoms with E-state index in [0.717, 1.165) is 31.0 Å². The summed E-state index contributed by atoms with van der Waals surface area (Å²) in [5.41, 5.74) is 1.22. The third kappa shape index (κ3) is 2.14. The molecule has 0 spiro atoms. The van der Waals surface area contributed by atoms with Gasteiger partial charge in [0.2, 0.25) is 0 Å². The molecule has 16 heavy (non-hydrogen) atoms. The van der Waals surface area contributed by atoms with E-state index >= 15 is 0 Å². The van der Waals surface area contributed by atoms with Gasteiger partial charge in [-0.05, 0) is 32.0 Å². The largest absolute Gasteiger partial charge is 0.496 e. The fourth-order valence-electron chi connectivity index (χ4n) is 2.29. The molecule has 1 heterocycles. The van der Waals surface area contributed by atoms with Crippen LogP contribution in [0.3, 0.4) is 0 Å². The van der Waals surface area contributed by atoms with E-state index < -0.39 is 0 Å². The predicted octanol–water partition coefficient (Wildman–Crippen LogP) is 2.17. The van der Waals surface area contributed by atoms with E-state index in [0.29, 0.717) is 12.5 Å². The zero-order valence-electron chi connectivity index (χ0n) is 9.95. The summed E-state index contributed by atoms with van der Waals surface area (Å²) >= 11 is 0. The standard InChI is InChI=1S/C13H19NO2/c1-3-16-12-6-4-5-11(15-2)13(12)10-7-8-14-9-10/h4-6,10,14H,3,7-9H2,1-2H3. The molecule has 1 aliphatic rings. The summed E-state index contributed by atoms with van der Waals surface area (Å²) in [6.07, 6.45) is 1.15. The van der Waals surface area contributed by atoms with E-state index in [1.165, 1.54) is 5.56 Å². The van der Waals surface area contributed by atoms with Crippen LogP contribution in [0.2, 0.25) is 0 Å². The van der Waals surface area contributed by atoms with E-state index in [1.54, 1.807) is 7.11 Å². The van der Waals surface area contributed by atoms with Crippen molar-refractivity contribution in [2.24, 2.45) is 0 Å². The molecule has 1 aliphatic heterocycles. The lowest BCUT2D eigenvalue weighted by Crippen LogP contribution is -2.10. The second-order valence-corrected chi connectivity index (χ2v) is 3.99. The van der Waals surface area contributed by atoms with Crippen LogP contribution in [0.1, 0.15) is 24.8 Å². The summed E-state index contributed by atoms with van der Waals surface area (Å²) < 4.78 is 11.1. The summed E-state index contributed by atoms with van der Waals surface area (Å²) in [7, 11) is 1.72. The Kier molecular flexibility index (Phi) is 3.67. The Morgan fingerprint density at radius 3 is 2.81 bits per heavy atom. The minimum Gasteiger partial charge on any atom is -0.496 e. The van der Waals surface area contributed by atoms with Crippen molar-refractivity contribution in [3.05, 3.63) is 23.8 Å². The fraction of sp³-hybridized carbons (Fsp3) is 0.538. The lowest BCUT2D eigenvalue weighted by Gasteiger charge is -2.18. The second-order valence-electron chi connectivity index (χ2n) is 3.99. The maximum absolute atomic E-state index is 5.68. The SMILES string of the molecule is CCOc1cccc(OC)c1C1CCNC1. The summed E-state index contributed by atoms with van der Waals surface area (Å²) in [5.74, 6) is 2.42. The molecule has 0 amide bonds. The normalized spacial score (nSPS) is 19.8. The molecule has 0 bridgehead atoms. The summed E-state index contributed by atoms with van der Waals surface area (Å²) in [5, 5.41) is 3.38. The minimum atomic E-state index is 0.512. The Hall–Kier alpha value is -1.22. The summed E-state index contributed by atoms with van der Waals surface area (Å²) in [6, 6.07) is 6.02. The molecule has 0 aliphatic carbocycles. The van der Waals surface area contributed by atoms with Gasteiger partial charge in [-0.1, -0.05) is 6.07 Å². The summed E-state index contributed by atoms with van der Waals surface area (Å²) in [6.45, 7) is 4.80. The van der Waals surface area contributed by atoms with Crippen LogP contribution in [0, 0.1) is 0 Å². The maximum Gasteiger partial charge on any atom is 0.126 e. The van der Waals surface area contributed by atoms with Crippen LogP contribution in [-0.2, 0) is 0 Å². The van der Waals surface area contributed by atoms with Crippen LogP contribution in [0.4, 0.5) is 0 Å². The number of nitrogens with one attached hydrogen (secondary N) is 1. The van der Waals surface area contributed by atoms with Crippen molar-refractivity contribution in [2.45, 2.75) is 19.3 Å². The van der Waals surface area contributed by atoms with Crippen molar-refractivity contribution in [1.29, 1.82) is 0 Å². The predicted molar refractivity (Wildman–Crippen MR) is 64.4 cm³/mol. The average Bonchev–Trinajstić information content (AvgIpc) is 2.82. The zero-order chi connectivity index (χ0) is 11.4. The monoisotopic (exact) mass is 221 g/mol. The van der Waals surface area contributed by atoms with Gasteiger partial charge in [0.15, 0.2) is 0 Å². The highest BCUT2D eigenvalue weighted by Crippen LogP contribution is 2.37. The number of rotatable bonds is 4. The van der Waals surface area contributed by atoms with Gasteiger partial charge in [0.05, 0.1) is 13.7 Å². The third-order valence-electron chi connectivity index (χ3n) is 3.01. The highest BCUT2D eigenvalue weighted by Gasteiger charge is 2.23. The quantitative estimate of drug-likeness (QED) is 0.845. The van der Waals surface area contributed by atoms with E-state index in [-0.39, 0.29) is 0 Å². The number of hydrogen-bond donors (Lipinski definition) is 1. The first-order valence-corrected chi connectivity index (χ1v) is 5.87. The molecule has 1 aromatic carbocycles. The Labute approximate surface area is 96.8 Å². The molecule has 1 aromatic rings. The molecule has 0 radical (unpaired) electrons. The van der Waals surface area contributed by atoms with Crippen molar-refractivity contribution in [2.75, 3.05) is 26.8 Å². The van der Waals surface area contributed by atoms with Crippen LogP contribution in [-0.4, -0.2) is 26.8 Å². The molecule has 3 nitrogen and oxygen atoms in total. The molecule has 1 fully saturated rings. The van der Waals surface area contributed by atoms with Crippen LogP contribution >= 0.6 is 0 Å². The first-order chi connectivity index (χ1) is 7.86. The van der Waals surface area contributed by atoms with Crippen LogP contribution in [0.15, 0.2) is 18.2 Å². The smallest absolute Gasteiger partial charge is 0.126 e. The highest BCUT2D eigenvalue weighted by molar-refractivity contribution is 5.47. The van der Waals surface area contributed by atoms with Gasteiger partial charge >= 0.3 is 0 Å². The summed E-state index contributed by atoms with van der Waals surface area (Å²) in [4.78, 5) is 0. The van der Waals surface area contributed by atoms with Gasteiger partial charge in [0.25, 0.3) is 0 Å². The second kappa shape index (κ2) is 5.21. The first kappa shape index (κ1) is 11.3. The zero-order valence-corrected chi connectivity index (χ0v) is 9.95. The molecule has 2 rings (SSSR count). The molecule has 1 unspecified atom stereocenters. The molecule has 1 N–H and O–H groups in total. The maximum atomic E-state index is 5.68. The van der Waals surface area contributed by atoms with Gasteiger partial charge in [-0.25, -0.2) is 0 Å². The van der Waals surface area contributed by atoms with Crippen molar-refractivity contribution < 1.29 is 9.47 Å². The van der Waals surface area contributed by atoms with E-state index in [9.17, 15) is 0 Å². The van der Waals surface area contributed by atoms with Crippen LogP contribution in [0.5, 0.6) is 11.5 Å². The molecule has 1 saturated heterocycles. The molecule has 0 aromatic heterocycles. The Morgan fingerprint density at radius 1 is 1.38 bits per heavy atom. The highest BCUT2D eigenvalue weighted by atomic mass is 16.5. The van der Waals surface area contributed by atoms with Gasteiger partial charge in [-0.15, -0.1) is 0 Å². The van der Waals surface area contributed by atoms with Crippen molar-refractivity contribution >= 4 is 0 Å². The average molecular weight is 221 g/mol. The molecule has 3 heteroatoms. The van der Waals surface area contributed by atoms with Gasteiger partial charge in [0, 0.05) is 18.0 Å². The Balaban J connectivity index is 2.36. The van der Waals surface area contributed by atoms with Crippen molar-refractivity contribution in [1.82, 2.24) is 5.32 Å². The molecular formula is C13H19NO2. The van der Waals surface area contributed by atoms with E-state index in [1.807, 2.05) is 25.1 Å². The third-order valence-corrected chi connectivity index (χ3v) is 3.01. The number of benzene rings is 1. The molecule has 0 saturated carbocycles. The van der Waals surface area contributed by atoms with Gasteiger partial charge in [-0.3, -0.25) is 0 Å². The Bertz CT molecular complexity index is 346. The van der Waals surface area contributed by atoms with Gasteiger partial charge in [-0.2, -0.15) is 0 Å². The number of methoxy groups -OCH3 is 1. The van der Waals surface area contributed by atoms with E-state index in [4.69, 9.17) is 9.47 Å². The van der Waals surface area contributed by atoms with Crippen LogP contribution in [0.25, 0.3) is 0 Å². The van der Waals surface area contributed by atoms with Gasteiger partial charge < -0.3 is 14.8 Å². The van der Waals surface area contributed by atoms with Crippen LogP contribution < -0.4 is 14.8 Å². The lowest BCUT2D eigenvalue weighted by molar-refractivity contribution is 0.328. The fourth-order valence-corrected chi connectivity index (χ4v) is 2.29. The number of hydrogen-bond acceptors (Lipinski definition) is 3. The minimum absolute atomic E-state index is 0.512. The lowest BCUT2D eigenvalue weighted by atomic mass is 9.96. The van der Waals surface area contributed by atoms with Gasteiger partial charge in [0.1, 0.15) is 11.5 Å². The number of ether oxygens (including phenoxy) is 2.